The summed E-state index contributed by atoms with van der Waals surface area (Å²) < 4.78 is 10.5. The molecule has 1 aliphatic rings. The Morgan fingerprint density at radius 1 is 1.20 bits per heavy atom. The fraction of sp³-hybridized carbons (Fsp3) is 0.455. The van der Waals surface area contributed by atoms with Crippen molar-refractivity contribution in [3.05, 3.63) is 23.8 Å². The molecule has 1 aliphatic heterocycles. The van der Waals surface area contributed by atoms with Crippen molar-refractivity contribution in [2.45, 2.75) is 6.42 Å². The average molecular weight is 228 g/mol. The van der Waals surface area contributed by atoms with Crippen LogP contribution in [0.2, 0.25) is 0 Å². The first-order valence-corrected chi connectivity index (χ1v) is 5.59. The summed E-state index contributed by atoms with van der Waals surface area (Å²) in [6.07, 6.45) is 0.980. The Kier molecular flexibility index (Phi) is 3.69. The van der Waals surface area contributed by atoms with Crippen LogP contribution in [0.3, 0.4) is 0 Å². The number of halogens is 1. The highest BCUT2D eigenvalue weighted by Gasteiger charge is 2.12. The number of ether oxygens (including phenoxy) is 2. The van der Waals surface area contributed by atoms with Crippen LogP contribution in [0.15, 0.2) is 18.2 Å². The van der Waals surface area contributed by atoms with E-state index in [2.05, 4.69) is 11.4 Å². The van der Waals surface area contributed by atoms with E-state index in [0.717, 1.165) is 31.0 Å². The molecule has 0 saturated carbocycles. The number of fused-ring (bicyclic) bond motifs is 1. The third-order valence-electron chi connectivity index (χ3n) is 2.30. The van der Waals surface area contributed by atoms with Crippen LogP contribution in [0.25, 0.3) is 0 Å². The Morgan fingerprint density at radius 3 is 2.93 bits per heavy atom. The fourth-order valence-corrected chi connectivity index (χ4v) is 1.65. The lowest BCUT2D eigenvalue weighted by Gasteiger charge is -2.03. The van der Waals surface area contributed by atoms with Crippen molar-refractivity contribution in [2.75, 3.05) is 25.8 Å². The largest absolute Gasteiger partial charge is 0.454 e. The van der Waals surface area contributed by atoms with Gasteiger partial charge in [-0.2, -0.15) is 0 Å². The highest BCUT2D eigenvalue weighted by atomic mass is 35.5. The minimum atomic E-state index is 0.337. The monoisotopic (exact) mass is 227 g/mol. The van der Waals surface area contributed by atoms with Crippen LogP contribution in [0.1, 0.15) is 5.56 Å². The van der Waals surface area contributed by atoms with Gasteiger partial charge in [-0.3, -0.25) is 0 Å². The first kappa shape index (κ1) is 10.6. The Labute approximate surface area is 94.3 Å². The van der Waals surface area contributed by atoms with E-state index in [1.54, 1.807) is 0 Å². The van der Waals surface area contributed by atoms with Crippen molar-refractivity contribution >= 4 is 11.6 Å². The summed E-state index contributed by atoms with van der Waals surface area (Å²) in [5.41, 5.74) is 1.25. The van der Waals surface area contributed by atoms with Crippen molar-refractivity contribution in [3.63, 3.8) is 0 Å². The quantitative estimate of drug-likeness (QED) is 0.615. The van der Waals surface area contributed by atoms with Gasteiger partial charge in [-0.1, -0.05) is 6.07 Å². The summed E-state index contributed by atoms with van der Waals surface area (Å²) in [5.74, 6) is 2.35. The lowest BCUT2D eigenvalue weighted by molar-refractivity contribution is 0.174. The summed E-state index contributed by atoms with van der Waals surface area (Å²) in [5, 5.41) is 3.25. The number of hydrogen-bond acceptors (Lipinski definition) is 3. The van der Waals surface area contributed by atoms with Crippen LogP contribution in [0.4, 0.5) is 0 Å². The predicted octanol–water partition coefficient (Wildman–Crippen LogP) is 1.79. The van der Waals surface area contributed by atoms with E-state index in [1.807, 2.05) is 12.1 Å². The fourth-order valence-electron chi connectivity index (χ4n) is 1.52. The van der Waals surface area contributed by atoms with Gasteiger partial charge >= 0.3 is 0 Å². The summed E-state index contributed by atoms with van der Waals surface area (Å²) in [6, 6.07) is 6.06. The second-order valence-electron chi connectivity index (χ2n) is 3.38. The lowest BCUT2D eigenvalue weighted by Crippen LogP contribution is -2.19. The minimum absolute atomic E-state index is 0.337. The summed E-state index contributed by atoms with van der Waals surface area (Å²) in [7, 11) is 0. The van der Waals surface area contributed by atoms with Gasteiger partial charge in [0.2, 0.25) is 6.79 Å². The maximum Gasteiger partial charge on any atom is 0.231 e. The molecule has 82 valence electrons. The van der Waals surface area contributed by atoms with Crippen molar-refractivity contribution < 1.29 is 9.47 Å². The third kappa shape index (κ3) is 2.76. The third-order valence-corrected chi connectivity index (χ3v) is 2.49. The second-order valence-corrected chi connectivity index (χ2v) is 3.75. The van der Waals surface area contributed by atoms with Gasteiger partial charge in [0.25, 0.3) is 0 Å². The van der Waals surface area contributed by atoms with Crippen molar-refractivity contribution in [2.24, 2.45) is 0 Å². The number of nitrogens with one attached hydrogen (secondary N) is 1. The zero-order valence-corrected chi connectivity index (χ0v) is 9.22. The molecule has 1 aromatic rings. The Balaban J connectivity index is 1.87. The molecule has 1 N–H and O–H groups in total. The van der Waals surface area contributed by atoms with Crippen molar-refractivity contribution in [3.8, 4) is 11.5 Å². The maximum absolute atomic E-state index is 5.56. The van der Waals surface area contributed by atoms with Crippen LogP contribution >= 0.6 is 11.6 Å². The lowest BCUT2D eigenvalue weighted by atomic mass is 10.1. The normalized spacial score (nSPS) is 13.1. The molecule has 4 heteroatoms. The minimum Gasteiger partial charge on any atom is -0.454 e. The van der Waals surface area contributed by atoms with E-state index >= 15 is 0 Å². The molecule has 2 rings (SSSR count). The topological polar surface area (TPSA) is 30.5 Å². The highest BCUT2D eigenvalue weighted by Crippen LogP contribution is 2.32. The zero-order valence-electron chi connectivity index (χ0n) is 8.46. The second kappa shape index (κ2) is 5.24. The molecule has 0 aromatic heterocycles. The first-order chi connectivity index (χ1) is 7.40. The van der Waals surface area contributed by atoms with Crippen molar-refractivity contribution in [1.82, 2.24) is 5.32 Å². The number of benzene rings is 1. The number of rotatable bonds is 5. The molecule has 1 aromatic carbocycles. The van der Waals surface area contributed by atoms with E-state index in [4.69, 9.17) is 21.1 Å². The molecule has 15 heavy (non-hydrogen) atoms. The van der Waals surface area contributed by atoms with Crippen LogP contribution in [-0.2, 0) is 6.42 Å². The molecule has 0 unspecified atom stereocenters. The first-order valence-electron chi connectivity index (χ1n) is 5.05. The van der Waals surface area contributed by atoms with E-state index in [-0.39, 0.29) is 0 Å². The maximum atomic E-state index is 5.56. The van der Waals surface area contributed by atoms with Crippen molar-refractivity contribution in [1.29, 1.82) is 0 Å². The molecule has 0 aliphatic carbocycles. The molecule has 0 bridgehead atoms. The van der Waals surface area contributed by atoms with Gasteiger partial charge in [0.15, 0.2) is 11.5 Å². The summed E-state index contributed by atoms with van der Waals surface area (Å²) >= 11 is 5.56. The van der Waals surface area contributed by atoms with Gasteiger partial charge in [0.05, 0.1) is 0 Å². The van der Waals surface area contributed by atoms with Gasteiger partial charge in [0.1, 0.15) is 0 Å². The molecule has 0 fully saturated rings. The molecular formula is C11H14ClNO2. The van der Waals surface area contributed by atoms with E-state index in [9.17, 15) is 0 Å². The van der Waals surface area contributed by atoms with Gasteiger partial charge in [-0.15, -0.1) is 11.6 Å². The Morgan fingerprint density at radius 2 is 2.07 bits per heavy atom. The van der Waals surface area contributed by atoms with Gasteiger partial charge in [-0.25, -0.2) is 0 Å². The van der Waals surface area contributed by atoms with Crippen LogP contribution < -0.4 is 14.8 Å². The molecule has 0 spiro atoms. The smallest absolute Gasteiger partial charge is 0.231 e. The Hall–Kier alpha value is -0.930. The van der Waals surface area contributed by atoms with Gasteiger partial charge in [-0.05, 0) is 30.7 Å². The molecule has 0 atom stereocenters. The van der Waals surface area contributed by atoms with Crippen LogP contribution in [0, 0.1) is 0 Å². The SMILES string of the molecule is ClCCNCCc1ccc2c(c1)OCO2. The Bertz CT molecular complexity index is 330. The summed E-state index contributed by atoms with van der Waals surface area (Å²) in [4.78, 5) is 0. The van der Waals surface area contributed by atoms with Gasteiger partial charge < -0.3 is 14.8 Å². The number of hydrogen-bond donors (Lipinski definition) is 1. The standard InChI is InChI=1S/C11H14ClNO2/c12-4-6-13-5-3-9-1-2-10-11(7-9)15-8-14-10/h1-2,7,13H,3-6,8H2. The van der Waals surface area contributed by atoms with E-state index in [1.165, 1.54) is 5.56 Å². The molecule has 0 saturated heterocycles. The predicted molar refractivity (Wildman–Crippen MR) is 59.9 cm³/mol. The van der Waals surface area contributed by atoms with E-state index < -0.39 is 0 Å². The highest BCUT2D eigenvalue weighted by molar-refractivity contribution is 6.18. The van der Waals surface area contributed by atoms with Crippen LogP contribution in [-0.4, -0.2) is 25.8 Å². The molecule has 0 radical (unpaired) electrons. The van der Waals surface area contributed by atoms with Gasteiger partial charge in [0, 0.05) is 12.4 Å². The number of alkyl halides is 1. The average Bonchev–Trinajstić information content (AvgIpc) is 2.71. The molecule has 3 nitrogen and oxygen atoms in total. The van der Waals surface area contributed by atoms with Crippen LogP contribution in [0.5, 0.6) is 11.5 Å². The molecular weight excluding hydrogens is 214 g/mol. The molecule has 1 heterocycles. The molecule has 0 amide bonds. The summed E-state index contributed by atoms with van der Waals surface area (Å²) in [6.45, 7) is 2.13. The van der Waals surface area contributed by atoms with E-state index in [0.29, 0.717) is 12.7 Å². The zero-order chi connectivity index (χ0) is 10.5.